The lowest BCUT2D eigenvalue weighted by atomic mass is 10.1. The van der Waals surface area contributed by atoms with Gasteiger partial charge in [-0.3, -0.25) is 4.98 Å². The summed E-state index contributed by atoms with van der Waals surface area (Å²) in [5.74, 6) is 0.894. The first-order chi connectivity index (χ1) is 9.81. The average Bonchev–Trinajstić information content (AvgIpc) is 2.95. The molecule has 4 nitrogen and oxygen atoms in total. The van der Waals surface area contributed by atoms with Crippen LogP contribution in [0.1, 0.15) is 18.3 Å². The van der Waals surface area contributed by atoms with Gasteiger partial charge < -0.3 is 5.73 Å². The van der Waals surface area contributed by atoms with E-state index in [9.17, 15) is 0 Å². The van der Waals surface area contributed by atoms with Crippen molar-refractivity contribution in [2.75, 3.05) is 0 Å². The van der Waals surface area contributed by atoms with Crippen LogP contribution in [0, 0.1) is 0 Å². The molecular formula is C14H14N4S2. The number of benzene rings is 1. The highest BCUT2D eigenvalue weighted by Gasteiger charge is 2.12. The molecule has 2 N–H and O–H groups in total. The summed E-state index contributed by atoms with van der Waals surface area (Å²) >= 11 is 3.07. The number of nitrogens with two attached hydrogens (primary N) is 1. The van der Waals surface area contributed by atoms with E-state index in [1.807, 2.05) is 24.4 Å². The third-order valence-electron chi connectivity index (χ3n) is 2.97. The topological polar surface area (TPSA) is 64.7 Å². The summed E-state index contributed by atoms with van der Waals surface area (Å²) in [6.45, 7) is 2.53. The van der Waals surface area contributed by atoms with Crippen LogP contribution in [0.3, 0.4) is 0 Å². The van der Waals surface area contributed by atoms with E-state index in [4.69, 9.17) is 5.73 Å². The van der Waals surface area contributed by atoms with Gasteiger partial charge >= 0.3 is 0 Å². The van der Waals surface area contributed by atoms with Crippen molar-refractivity contribution in [1.82, 2.24) is 14.3 Å². The number of rotatable bonds is 4. The van der Waals surface area contributed by atoms with Gasteiger partial charge in [0.1, 0.15) is 5.82 Å². The molecule has 0 aliphatic heterocycles. The van der Waals surface area contributed by atoms with Gasteiger partial charge in [-0.1, -0.05) is 36.9 Å². The van der Waals surface area contributed by atoms with Crippen molar-refractivity contribution in [1.29, 1.82) is 0 Å². The summed E-state index contributed by atoms with van der Waals surface area (Å²) in [6, 6.07) is 8.10. The maximum Gasteiger partial charge on any atom is 0.174 e. The average molecular weight is 302 g/mol. The molecule has 0 aliphatic carbocycles. The molecule has 0 unspecified atom stereocenters. The predicted octanol–water partition coefficient (Wildman–Crippen LogP) is 3.26. The van der Waals surface area contributed by atoms with Crippen LogP contribution < -0.4 is 5.73 Å². The number of hydrogen-bond acceptors (Lipinski definition) is 6. The molecule has 102 valence electrons. The molecule has 2 aromatic heterocycles. The van der Waals surface area contributed by atoms with Gasteiger partial charge in [0.15, 0.2) is 4.34 Å². The minimum absolute atomic E-state index is 0.472. The van der Waals surface area contributed by atoms with Crippen molar-refractivity contribution >= 4 is 34.2 Å². The molecule has 0 saturated heterocycles. The summed E-state index contributed by atoms with van der Waals surface area (Å²) in [5, 5.41) is 1.12. The zero-order chi connectivity index (χ0) is 13.9. The van der Waals surface area contributed by atoms with Crippen molar-refractivity contribution in [3.63, 3.8) is 0 Å². The van der Waals surface area contributed by atoms with E-state index in [1.54, 1.807) is 11.8 Å². The molecule has 3 rings (SSSR count). The van der Waals surface area contributed by atoms with Crippen LogP contribution in [-0.4, -0.2) is 14.3 Å². The molecule has 0 spiro atoms. The van der Waals surface area contributed by atoms with Gasteiger partial charge in [0.25, 0.3) is 0 Å². The zero-order valence-corrected chi connectivity index (χ0v) is 12.7. The van der Waals surface area contributed by atoms with Gasteiger partial charge in [-0.15, -0.1) is 0 Å². The lowest BCUT2D eigenvalue weighted by Gasteiger charge is -2.08. The molecule has 2 heterocycles. The molecule has 0 saturated carbocycles. The molecule has 20 heavy (non-hydrogen) atoms. The first kappa shape index (κ1) is 13.5. The smallest absolute Gasteiger partial charge is 0.174 e. The van der Waals surface area contributed by atoms with Crippen LogP contribution in [0.5, 0.6) is 0 Å². The fraction of sp³-hybridized carbons (Fsp3) is 0.214. The van der Waals surface area contributed by atoms with Crippen LogP contribution in [0.4, 0.5) is 0 Å². The number of pyridine rings is 1. The molecular weight excluding hydrogens is 288 g/mol. The Kier molecular flexibility index (Phi) is 3.95. The maximum absolute atomic E-state index is 5.84. The molecule has 0 fully saturated rings. The second-order valence-corrected chi connectivity index (χ2v) is 6.28. The van der Waals surface area contributed by atoms with Crippen LogP contribution in [0.2, 0.25) is 0 Å². The van der Waals surface area contributed by atoms with E-state index in [-0.39, 0.29) is 0 Å². The Morgan fingerprint density at radius 2 is 2.15 bits per heavy atom. The Labute approximate surface area is 125 Å². The molecule has 0 amide bonds. The highest BCUT2D eigenvalue weighted by atomic mass is 32.2. The molecule has 0 atom stereocenters. The Morgan fingerprint density at radius 3 is 2.90 bits per heavy atom. The number of nitrogens with zero attached hydrogens (tertiary/aromatic N) is 3. The minimum atomic E-state index is 0.472. The SMILES string of the molecule is CCc1nsc(Sc2c(CN)cnc3ccccc23)n1. The quantitative estimate of drug-likeness (QED) is 0.801. The fourth-order valence-corrected chi connectivity index (χ4v) is 3.82. The maximum atomic E-state index is 5.84. The minimum Gasteiger partial charge on any atom is -0.326 e. The highest BCUT2D eigenvalue weighted by Crippen LogP contribution is 2.36. The van der Waals surface area contributed by atoms with Crippen molar-refractivity contribution in [3.8, 4) is 0 Å². The predicted molar refractivity (Wildman–Crippen MR) is 83.0 cm³/mol. The Morgan fingerprint density at radius 1 is 1.30 bits per heavy atom. The van der Waals surface area contributed by atoms with Gasteiger partial charge in [0.05, 0.1) is 5.52 Å². The number of aromatic nitrogens is 3. The molecule has 0 bridgehead atoms. The third kappa shape index (κ3) is 2.54. The lowest BCUT2D eigenvalue weighted by Crippen LogP contribution is -2.00. The van der Waals surface area contributed by atoms with E-state index in [0.717, 1.165) is 37.9 Å². The Hall–Kier alpha value is -1.50. The first-order valence-corrected chi connectivity index (χ1v) is 7.98. The molecule has 6 heteroatoms. The third-order valence-corrected chi connectivity index (χ3v) is 4.95. The summed E-state index contributed by atoms with van der Waals surface area (Å²) in [6.07, 6.45) is 2.71. The van der Waals surface area contributed by atoms with Crippen LogP contribution in [-0.2, 0) is 13.0 Å². The highest BCUT2D eigenvalue weighted by molar-refractivity contribution is 8.01. The van der Waals surface area contributed by atoms with Crippen molar-refractivity contribution in [3.05, 3.63) is 41.9 Å². The standard InChI is InChI=1S/C14H14N4S2/c1-2-12-17-14(20-18-12)19-13-9(7-15)8-16-11-6-4-3-5-10(11)13/h3-6,8H,2,7,15H2,1H3. The van der Waals surface area contributed by atoms with Crippen LogP contribution >= 0.6 is 23.3 Å². The monoisotopic (exact) mass is 302 g/mol. The van der Waals surface area contributed by atoms with E-state index < -0.39 is 0 Å². The molecule has 1 aromatic carbocycles. The van der Waals surface area contributed by atoms with Crippen molar-refractivity contribution in [2.24, 2.45) is 5.73 Å². The van der Waals surface area contributed by atoms with Gasteiger partial charge in [0, 0.05) is 29.4 Å². The van der Waals surface area contributed by atoms with Gasteiger partial charge in [-0.05, 0) is 23.2 Å². The van der Waals surface area contributed by atoms with E-state index in [0.29, 0.717) is 6.54 Å². The van der Waals surface area contributed by atoms with Gasteiger partial charge in [0.2, 0.25) is 0 Å². The second kappa shape index (κ2) is 5.87. The number of aryl methyl sites for hydroxylation is 1. The van der Waals surface area contributed by atoms with E-state index >= 15 is 0 Å². The largest absolute Gasteiger partial charge is 0.326 e. The van der Waals surface area contributed by atoms with Crippen LogP contribution in [0.25, 0.3) is 10.9 Å². The second-order valence-electron chi connectivity index (χ2n) is 4.27. The normalized spacial score (nSPS) is 11.1. The number of fused-ring (bicyclic) bond motifs is 1. The summed E-state index contributed by atoms with van der Waals surface area (Å²) in [4.78, 5) is 10.1. The Bertz CT molecular complexity index is 739. The number of para-hydroxylation sites is 1. The summed E-state index contributed by atoms with van der Waals surface area (Å²) in [5.41, 5.74) is 7.86. The van der Waals surface area contributed by atoms with Crippen molar-refractivity contribution in [2.45, 2.75) is 29.1 Å². The van der Waals surface area contributed by atoms with E-state index in [2.05, 4.69) is 27.3 Å². The molecule has 3 aromatic rings. The van der Waals surface area contributed by atoms with Crippen molar-refractivity contribution < 1.29 is 0 Å². The molecule has 0 radical (unpaired) electrons. The fourth-order valence-electron chi connectivity index (χ4n) is 1.93. The van der Waals surface area contributed by atoms with Crippen LogP contribution in [0.15, 0.2) is 39.7 Å². The summed E-state index contributed by atoms with van der Waals surface area (Å²) < 4.78 is 5.28. The lowest BCUT2D eigenvalue weighted by molar-refractivity contribution is 0.970. The zero-order valence-electron chi connectivity index (χ0n) is 11.0. The summed E-state index contributed by atoms with van der Waals surface area (Å²) in [7, 11) is 0. The number of hydrogen-bond donors (Lipinski definition) is 1. The van der Waals surface area contributed by atoms with Gasteiger partial charge in [-0.25, -0.2) is 4.98 Å². The Balaban J connectivity index is 2.08. The van der Waals surface area contributed by atoms with E-state index in [1.165, 1.54) is 11.5 Å². The van der Waals surface area contributed by atoms with Gasteiger partial charge in [-0.2, -0.15) is 4.37 Å². The first-order valence-electron chi connectivity index (χ1n) is 6.39. The molecule has 0 aliphatic rings.